The van der Waals surface area contributed by atoms with E-state index in [1.54, 1.807) is 24.3 Å². The molecule has 5 nitrogen and oxygen atoms in total. The van der Waals surface area contributed by atoms with Gasteiger partial charge in [-0.2, -0.15) is 0 Å². The van der Waals surface area contributed by atoms with Crippen molar-refractivity contribution in [3.8, 4) is 11.6 Å². The molecule has 0 bridgehead atoms. The number of aromatic nitrogens is 1. The van der Waals surface area contributed by atoms with Crippen LogP contribution >= 0.6 is 23.8 Å². The zero-order valence-electron chi connectivity index (χ0n) is 11.6. The molecule has 0 aliphatic rings. The second kappa shape index (κ2) is 5.80. The Morgan fingerprint density at radius 3 is 2.64 bits per heavy atom. The van der Waals surface area contributed by atoms with Crippen LogP contribution in [0.4, 0.5) is 0 Å². The van der Waals surface area contributed by atoms with Gasteiger partial charge < -0.3 is 14.0 Å². The van der Waals surface area contributed by atoms with Crippen molar-refractivity contribution in [2.75, 3.05) is 0 Å². The minimum absolute atomic E-state index is 0.176. The maximum absolute atomic E-state index is 12.1. The van der Waals surface area contributed by atoms with Gasteiger partial charge in [0.15, 0.2) is 0 Å². The molecule has 2 N–H and O–H groups in total. The summed E-state index contributed by atoms with van der Waals surface area (Å²) in [6, 6.07) is 14.3. The number of aryl methyl sites for hydroxylation is 1. The Kier molecular flexibility index (Phi) is 4.00. The summed E-state index contributed by atoms with van der Waals surface area (Å²) in [6.45, 7) is 1.91. The quantitative estimate of drug-likeness (QED) is 0.636. The molecule has 0 fully saturated rings. The Labute approximate surface area is 135 Å². The SMILES string of the molecule is Cc1ccc(OP(=O)(O)Oc2cc3ccccc3[nH]2)c(Br)c1. The number of nitrogens with one attached hydrogen (secondary N) is 1. The average molecular weight is 382 g/mol. The number of hydrogen-bond acceptors (Lipinski definition) is 3. The molecular formula is C15H13BrNO4P. The molecule has 0 amide bonds. The number of benzene rings is 2. The van der Waals surface area contributed by atoms with Crippen LogP contribution in [-0.4, -0.2) is 9.88 Å². The zero-order chi connectivity index (χ0) is 15.7. The van der Waals surface area contributed by atoms with E-state index < -0.39 is 7.82 Å². The maximum Gasteiger partial charge on any atom is 0.586 e. The second-order valence-electron chi connectivity index (χ2n) is 4.81. The van der Waals surface area contributed by atoms with E-state index in [-0.39, 0.29) is 11.6 Å². The molecule has 22 heavy (non-hydrogen) atoms. The highest BCUT2D eigenvalue weighted by Gasteiger charge is 2.27. The molecule has 1 atom stereocenters. The van der Waals surface area contributed by atoms with Crippen molar-refractivity contribution in [1.29, 1.82) is 0 Å². The summed E-state index contributed by atoms with van der Waals surface area (Å²) >= 11 is 3.29. The van der Waals surface area contributed by atoms with Crippen LogP contribution in [0, 0.1) is 6.92 Å². The van der Waals surface area contributed by atoms with Crippen molar-refractivity contribution in [3.05, 3.63) is 58.6 Å². The number of para-hydroxylation sites is 1. The van der Waals surface area contributed by atoms with Gasteiger partial charge in [-0.1, -0.05) is 24.3 Å². The molecule has 2 aromatic carbocycles. The Bertz CT molecular complexity index is 844. The summed E-state index contributed by atoms with van der Waals surface area (Å²) in [4.78, 5) is 12.8. The summed E-state index contributed by atoms with van der Waals surface area (Å²) < 4.78 is 22.9. The predicted octanol–water partition coefficient (Wildman–Crippen LogP) is 4.80. The van der Waals surface area contributed by atoms with Crippen LogP contribution in [0.2, 0.25) is 0 Å². The summed E-state index contributed by atoms with van der Waals surface area (Å²) in [6.07, 6.45) is 0. The number of H-pyrrole nitrogens is 1. The lowest BCUT2D eigenvalue weighted by atomic mass is 10.2. The Morgan fingerprint density at radius 1 is 1.14 bits per heavy atom. The van der Waals surface area contributed by atoms with Gasteiger partial charge in [0.2, 0.25) is 5.88 Å². The van der Waals surface area contributed by atoms with Gasteiger partial charge >= 0.3 is 7.82 Å². The number of phosphoric acid groups is 1. The molecule has 1 aromatic heterocycles. The fraction of sp³-hybridized carbons (Fsp3) is 0.0667. The first-order valence-corrected chi connectivity index (χ1v) is 8.78. The summed E-state index contributed by atoms with van der Waals surface area (Å²) in [5.74, 6) is 0.419. The van der Waals surface area contributed by atoms with Crippen LogP contribution in [-0.2, 0) is 4.57 Å². The van der Waals surface area contributed by atoms with E-state index in [4.69, 9.17) is 9.05 Å². The number of phosphoric ester groups is 1. The van der Waals surface area contributed by atoms with Gasteiger partial charge in [-0.3, -0.25) is 4.89 Å². The summed E-state index contributed by atoms with van der Waals surface area (Å²) in [7, 11) is -4.29. The molecule has 0 spiro atoms. The highest BCUT2D eigenvalue weighted by atomic mass is 79.9. The Morgan fingerprint density at radius 2 is 1.91 bits per heavy atom. The van der Waals surface area contributed by atoms with Crippen LogP contribution < -0.4 is 9.05 Å². The number of rotatable bonds is 4. The maximum atomic E-state index is 12.1. The molecule has 0 radical (unpaired) electrons. The molecule has 0 aliphatic heterocycles. The Balaban J connectivity index is 1.82. The third-order valence-electron chi connectivity index (χ3n) is 3.02. The van der Waals surface area contributed by atoms with Crippen molar-refractivity contribution < 1.29 is 18.5 Å². The van der Waals surface area contributed by atoms with E-state index in [9.17, 15) is 9.46 Å². The molecule has 114 valence electrons. The minimum atomic E-state index is -4.29. The normalized spacial score (nSPS) is 13.8. The van der Waals surface area contributed by atoms with Crippen LogP contribution in [0.5, 0.6) is 11.6 Å². The number of aromatic amines is 1. The first-order valence-electron chi connectivity index (χ1n) is 6.49. The fourth-order valence-corrected chi connectivity index (χ4v) is 3.53. The smallest absolute Gasteiger partial charge is 0.394 e. The van der Waals surface area contributed by atoms with Crippen LogP contribution in [0.1, 0.15) is 5.56 Å². The third kappa shape index (κ3) is 3.35. The molecule has 0 saturated heterocycles. The van der Waals surface area contributed by atoms with E-state index in [1.165, 1.54) is 0 Å². The average Bonchev–Trinajstić information content (AvgIpc) is 2.83. The lowest BCUT2D eigenvalue weighted by Crippen LogP contribution is -2.00. The molecule has 1 unspecified atom stereocenters. The lowest BCUT2D eigenvalue weighted by Gasteiger charge is -2.13. The van der Waals surface area contributed by atoms with Gasteiger partial charge in [0.25, 0.3) is 0 Å². The zero-order valence-corrected chi connectivity index (χ0v) is 14.1. The van der Waals surface area contributed by atoms with Crippen LogP contribution in [0.15, 0.2) is 53.0 Å². The van der Waals surface area contributed by atoms with Crippen LogP contribution in [0.25, 0.3) is 10.9 Å². The highest BCUT2D eigenvalue weighted by molar-refractivity contribution is 9.10. The molecule has 3 rings (SSSR count). The lowest BCUT2D eigenvalue weighted by molar-refractivity contribution is 0.287. The fourth-order valence-electron chi connectivity index (χ4n) is 2.04. The van der Waals surface area contributed by atoms with Gasteiger partial charge in [0.1, 0.15) is 5.75 Å². The topological polar surface area (TPSA) is 71.6 Å². The van der Waals surface area contributed by atoms with Crippen molar-refractivity contribution >= 4 is 34.7 Å². The van der Waals surface area contributed by atoms with E-state index >= 15 is 0 Å². The minimum Gasteiger partial charge on any atom is -0.394 e. The Hall–Kier alpha value is -1.75. The molecule has 0 aliphatic carbocycles. The number of halogens is 1. The van der Waals surface area contributed by atoms with Crippen molar-refractivity contribution in [2.45, 2.75) is 6.92 Å². The first-order chi connectivity index (χ1) is 10.4. The number of hydrogen-bond donors (Lipinski definition) is 2. The monoisotopic (exact) mass is 381 g/mol. The highest BCUT2D eigenvalue weighted by Crippen LogP contribution is 2.46. The molecule has 1 heterocycles. The van der Waals surface area contributed by atoms with E-state index in [0.717, 1.165) is 16.5 Å². The van der Waals surface area contributed by atoms with E-state index in [1.807, 2.05) is 31.2 Å². The van der Waals surface area contributed by atoms with Crippen molar-refractivity contribution in [3.63, 3.8) is 0 Å². The van der Waals surface area contributed by atoms with Crippen molar-refractivity contribution in [2.24, 2.45) is 0 Å². The molecular weight excluding hydrogens is 369 g/mol. The van der Waals surface area contributed by atoms with Gasteiger partial charge in [-0.05, 0) is 46.6 Å². The molecule has 3 aromatic rings. The number of fused-ring (bicyclic) bond motifs is 1. The summed E-state index contributed by atoms with van der Waals surface area (Å²) in [5, 5.41) is 0.883. The third-order valence-corrected chi connectivity index (χ3v) is 4.49. The van der Waals surface area contributed by atoms with Crippen molar-refractivity contribution in [1.82, 2.24) is 4.98 Å². The molecule has 7 heteroatoms. The van der Waals surface area contributed by atoms with E-state index in [2.05, 4.69) is 20.9 Å². The predicted molar refractivity (Wildman–Crippen MR) is 88.3 cm³/mol. The van der Waals surface area contributed by atoms with Gasteiger partial charge in [0, 0.05) is 17.0 Å². The first kappa shape index (κ1) is 15.2. The van der Waals surface area contributed by atoms with Crippen LogP contribution in [0.3, 0.4) is 0 Å². The summed E-state index contributed by atoms with van der Waals surface area (Å²) in [5.41, 5.74) is 1.82. The van der Waals surface area contributed by atoms with Gasteiger partial charge in [-0.25, -0.2) is 4.57 Å². The second-order valence-corrected chi connectivity index (χ2v) is 6.96. The molecule has 0 saturated carbocycles. The largest absolute Gasteiger partial charge is 0.586 e. The van der Waals surface area contributed by atoms with Gasteiger partial charge in [0.05, 0.1) is 4.47 Å². The van der Waals surface area contributed by atoms with E-state index in [0.29, 0.717) is 4.47 Å². The van der Waals surface area contributed by atoms with Gasteiger partial charge in [-0.15, -0.1) is 0 Å². The standard InChI is InChI=1S/C15H13BrNO4P/c1-10-6-7-14(12(16)8-10)20-22(18,19)21-15-9-11-4-2-3-5-13(11)17-15/h2-9,17H,1H3,(H,18,19).